The van der Waals surface area contributed by atoms with Crippen molar-refractivity contribution in [3.05, 3.63) is 84.2 Å². The number of para-hydroxylation sites is 2. The number of hydrogen-bond donors (Lipinski definition) is 4. The number of carbonyl (C=O) groups excluding carboxylic acids is 3. The summed E-state index contributed by atoms with van der Waals surface area (Å²) >= 11 is 0. The van der Waals surface area contributed by atoms with E-state index in [1.807, 2.05) is 25.1 Å². The molecule has 0 spiro atoms. The second-order valence-electron chi connectivity index (χ2n) is 10.1. The van der Waals surface area contributed by atoms with Gasteiger partial charge < -0.3 is 35.6 Å². The maximum Gasteiger partial charge on any atom is 0.323 e. The third-order valence-corrected chi connectivity index (χ3v) is 6.87. The maximum absolute atomic E-state index is 13.6. The fraction of sp³-hybridized carbons (Fsp3) is 0.300. The molecular formula is C30H34FN5O5. The van der Waals surface area contributed by atoms with Crippen molar-refractivity contribution in [2.75, 3.05) is 42.7 Å². The number of nitrogens with zero attached hydrogens (tertiary/aromatic N) is 2. The van der Waals surface area contributed by atoms with Gasteiger partial charge in [0.05, 0.1) is 30.4 Å². The van der Waals surface area contributed by atoms with E-state index in [-0.39, 0.29) is 54.6 Å². The molecule has 0 bridgehead atoms. The predicted molar refractivity (Wildman–Crippen MR) is 155 cm³/mol. The second kappa shape index (κ2) is 13.1. The number of urea groups is 2. The number of rotatable bonds is 7. The molecule has 1 heterocycles. The van der Waals surface area contributed by atoms with Crippen LogP contribution in [0.25, 0.3) is 0 Å². The Morgan fingerprint density at radius 1 is 1.02 bits per heavy atom. The first-order valence-corrected chi connectivity index (χ1v) is 13.3. The van der Waals surface area contributed by atoms with Crippen molar-refractivity contribution in [3.8, 4) is 5.75 Å². The average Bonchev–Trinajstić information content (AvgIpc) is 2.96. The summed E-state index contributed by atoms with van der Waals surface area (Å²) in [7, 11) is 1.65. The van der Waals surface area contributed by atoms with E-state index in [4.69, 9.17) is 4.74 Å². The van der Waals surface area contributed by atoms with Gasteiger partial charge in [-0.3, -0.25) is 4.79 Å². The Morgan fingerprint density at radius 2 is 1.71 bits per heavy atom. The number of likely N-dealkylation sites (N-methyl/N-ethyl adjacent to an activating group) is 1. The minimum Gasteiger partial charge on any atom is -0.485 e. The van der Waals surface area contributed by atoms with Crippen LogP contribution in [-0.4, -0.2) is 71.8 Å². The molecule has 0 saturated carbocycles. The molecule has 0 unspecified atom stereocenters. The number of halogens is 1. The van der Waals surface area contributed by atoms with Gasteiger partial charge in [-0.05, 0) is 55.5 Å². The quantitative estimate of drug-likeness (QED) is 0.327. The summed E-state index contributed by atoms with van der Waals surface area (Å²) in [4.78, 5) is 42.5. The topological polar surface area (TPSA) is 123 Å². The molecule has 10 nitrogen and oxygen atoms in total. The summed E-state index contributed by atoms with van der Waals surface area (Å²) in [6, 6.07) is 17.7. The molecule has 1 aliphatic rings. The molecule has 3 atom stereocenters. The van der Waals surface area contributed by atoms with Gasteiger partial charge in [-0.25, -0.2) is 14.0 Å². The maximum atomic E-state index is 13.6. The predicted octanol–water partition coefficient (Wildman–Crippen LogP) is 4.85. The summed E-state index contributed by atoms with van der Waals surface area (Å²) in [5.41, 5.74) is 1.47. The molecule has 216 valence electrons. The normalized spacial score (nSPS) is 17.3. The first-order chi connectivity index (χ1) is 19.7. The summed E-state index contributed by atoms with van der Waals surface area (Å²) < 4.78 is 19.7. The van der Waals surface area contributed by atoms with Gasteiger partial charge in [0.1, 0.15) is 11.9 Å². The number of fused-ring (bicyclic) bond motifs is 1. The Labute approximate surface area is 238 Å². The van der Waals surface area contributed by atoms with Crippen molar-refractivity contribution < 1.29 is 28.6 Å². The van der Waals surface area contributed by atoms with Crippen molar-refractivity contribution in [3.63, 3.8) is 0 Å². The highest BCUT2D eigenvalue weighted by molar-refractivity contribution is 6.04. The van der Waals surface area contributed by atoms with Gasteiger partial charge in [-0.2, -0.15) is 0 Å². The van der Waals surface area contributed by atoms with Crippen LogP contribution >= 0.6 is 0 Å². The van der Waals surface area contributed by atoms with Gasteiger partial charge in [-0.15, -0.1) is 0 Å². The standard InChI is InChI=1S/C30H34FN5O5/c1-19-16-36(20(2)18-37)28(38)24-10-7-11-25(34-29(39)32-23-14-12-21(31)13-15-23)27(24)41-26(19)17-35(3)30(40)33-22-8-5-4-6-9-22/h4-15,19-20,26,37H,16-18H2,1-3H3,(H,33,40)(H2,32,34,39)/t19-,20+,26+/m1/s1. The molecule has 5 amide bonds. The van der Waals surface area contributed by atoms with Crippen LogP contribution in [-0.2, 0) is 0 Å². The first kappa shape index (κ1) is 29.3. The van der Waals surface area contributed by atoms with Crippen LogP contribution in [0.5, 0.6) is 5.75 Å². The second-order valence-corrected chi connectivity index (χ2v) is 10.1. The van der Waals surface area contributed by atoms with Crippen molar-refractivity contribution in [2.24, 2.45) is 5.92 Å². The Balaban J connectivity index is 1.61. The number of anilines is 3. The van der Waals surface area contributed by atoms with E-state index in [9.17, 15) is 23.9 Å². The highest BCUT2D eigenvalue weighted by Gasteiger charge is 2.35. The molecule has 3 aromatic carbocycles. The fourth-order valence-corrected chi connectivity index (χ4v) is 4.47. The van der Waals surface area contributed by atoms with Crippen molar-refractivity contribution in [1.82, 2.24) is 9.80 Å². The zero-order valence-electron chi connectivity index (χ0n) is 23.1. The molecule has 0 aromatic heterocycles. The number of hydrogen-bond acceptors (Lipinski definition) is 5. The van der Waals surface area contributed by atoms with Crippen molar-refractivity contribution in [2.45, 2.75) is 26.0 Å². The molecule has 1 aliphatic heterocycles. The highest BCUT2D eigenvalue weighted by atomic mass is 19.1. The zero-order valence-corrected chi connectivity index (χ0v) is 23.1. The first-order valence-electron chi connectivity index (χ1n) is 13.3. The minimum absolute atomic E-state index is 0.148. The molecule has 11 heteroatoms. The van der Waals surface area contributed by atoms with Gasteiger partial charge in [-0.1, -0.05) is 31.2 Å². The van der Waals surface area contributed by atoms with Gasteiger partial charge in [0.25, 0.3) is 5.91 Å². The molecule has 0 aliphatic carbocycles. The van der Waals surface area contributed by atoms with E-state index < -0.39 is 24.0 Å². The lowest BCUT2D eigenvalue weighted by Gasteiger charge is -2.38. The summed E-state index contributed by atoms with van der Waals surface area (Å²) in [6.45, 7) is 3.86. The molecule has 4 rings (SSSR count). The third kappa shape index (κ3) is 7.31. The number of amides is 5. The van der Waals surface area contributed by atoms with Crippen LogP contribution in [0, 0.1) is 11.7 Å². The van der Waals surface area contributed by atoms with Crippen LogP contribution in [0.2, 0.25) is 0 Å². The number of nitrogens with one attached hydrogen (secondary N) is 3. The van der Waals surface area contributed by atoms with Gasteiger partial charge >= 0.3 is 12.1 Å². The largest absolute Gasteiger partial charge is 0.485 e. The average molecular weight is 564 g/mol. The Bertz CT molecular complexity index is 1370. The minimum atomic E-state index is -0.618. The highest BCUT2D eigenvalue weighted by Crippen LogP contribution is 2.35. The van der Waals surface area contributed by atoms with E-state index in [1.165, 1.54) is 29.2 Å². The van der Waals surface area contributed by atoms with Crippen LogP contribution in [0.1, 0.15) is 24.2 Å². The number of carbonyl (C=O) groups is 3. The van der Waals surface area contributed by atoms with E-state index in [0.717, 1.165) is 0 Å². The molecule has 0 radical (unpaired) electrons. The van der Waals surface area contributed by atoms with Crippen LogP contribution < -0.4 is 20.7 Å². The molecule has 4 N–H and O–H groups in total. The van der Waals surface area contributed by atoms with Gasteiger partial charge in [0, 0.05) is 30.9 Å². The molecular weight excluding hydrogens is 529 g/mol. The Morgan fingerprint density at radius 3 is 2.39 bits per heavy atom. The van der Waals surface area contributed by atoms with Gasteiger partial charge in [0.15, 0.2) is 5.75 Å². The van der Waals surface area contributed by atoms with Crippen LogP contribution in [0.3, 0.4) is 0 Å². The number of aliphatic hydroxyl groups is 1. The molecule has 0 fully saturated rings. The molecule has 0 saturated heterocycles. The van der Waals surface area contributed by atoms with E-state index >= 15 is 0 Å². The lowest BCUT2D eigenvalue weighted by atomic mass is 9.99. The van der Waals surface area contributed by atoms with Crippen molar-refractivity contribution in [1.29, 1.82) is 0 Å². The monoisotopic (exact) mass is 563 g/mol. The van der Waals surface area contributed by atoms with Gasteiger partial charge in [0.2, 0.25) is 0 Å². The lowest BCUT2D eigenvalue weighted by molar-refractivity contribution is 0.0373. The number of benzene rings is 3. The summed E-state index contributed by atoms with van der Waals surface area (Å²) in [5.74, 6) is -0.898. The lowest BCUT2D eigenvalue weighted by Crippen LogP contribution is -2.50. The number of aliphatic hydroxyl groups excluding tert-OH is 1. The SMILES string of the molecule is C[C@@H]1CN([C@@H](C)CO)C(=O)c2cccc(NC(=O)Nc3ccc(F)cc3)c2O[C@H]1CN(C)C(=O)Nc1ccccc1. The Hall–Kier alpha value is -4.64. The summed E-state index contributed by atoms with van der Waals surface area (Å²) in [5, 5.41) is 18.1. The van der Waals surface area contributed by atoms with E-state index in [0.29, 0.717) is 11.4 Å². The Kier molecular flexibility index (Phi) is 9.41. The third-order valence-electron chi connectivity index (χ3n) is 6.87. The number of ether oxygens (including phenoxy) is 1. The van der Waals surface area contributed by atoms with Crippen LogP contribution in [0.4, 0.5) is 31.0 Å². The smallest absolute Gasteiger partial charge is 0.323 e. The molecule has 41 heavy (non-hydrogen) atoms. The van der Waals surface area contributed by atoms with E-state index in [1.54, 1.807) is 49.2 Å². The van der Waals surface area contributed by atoms with Crippen molar-refractivity contribution >= 4 is 35.0 Å². The van der Waals surface area contributed by atoms with Crippen LogP contribution in [0.15, 0.2) is 72.8 Å². The molecule has 3 aromatic rings. The zero-order chi connectivity index (χ0) is 29.5. The van der Waals surface area contributed by atoms with E-state index in [2.05, 4.69) is 16.0 Å². The fourth-order valence-electron chi connectivity index (χ4n) is 4.47. The summed E-state index contributed by atoms with van der Waals surface area (Å²) in [6.07, 6.45) is -0.579.